The number of rotatable bonds is 2. The van der Waals surface area contributed by atoms with Crippen LogP contribution in [0, 0.1) is 0 Å². The van der Waals surface area contributed by atoms with Crippen LogP contribution in [0.25, 0.3) is 33.5 Å². The van der Waals surface area contributed by atoms with E-state index in [4.69, 9.17) is 4.98 Å². The molecule has 8 rings (SSSR count). The number of nitrogens with zero attached hydrogens (tertiary/aromatic N) is 4. The lowest BCUT2D eigenvalue weighted by Gasteiger charge is -2.29. The van der Waals surface area contributed by atoms with E-state index in [2.05, 4.69) is 126 Å². The molecule has 0 unspecified atom stereocenters. The maximum atomic E-state index is 5.17. The molecule has 6 nitrogen and oxygen atoms in total. The standard InChI is InChI=1S/C31H24N6S/c1-3-11-21(12-4-1)35-28-17-9-10-18-29(28)36-30-20-25-24(19-26(30)33-31(35)36)32-23-15-7-8-16-27(23)37(38-34-25)22-13-5-2-6-14-22/h2-3,5-20,32,34H,1,4H2. The largest absolute Gasteiger partial charge is 0.352 e. The number of hydrogen-bond acceptors (Lipinski definition) is 5. The third kappa shape index (κ3) is 3.25. The predicted molar refractivity (Wildman–Crippen MR) is 160 cm³/mol. The van der Waals surface area contributed by atoms with Gasteiger partial charge in [0, 0.05) is 5.70 Å². The van der Waals surface area contributed by atoms with Crippen LogP contribution in [0.4, 0.5) is 28.4 Å². The van der Waals surface area contributed by atoms with Gasteiger partial charge in [-0.3, -0.25) is 13.3 Å². The molecule has 0 amide bonds. The molecule has 0 bridgehead atoms. The van der Waals surface area contributed by atoms with E-state index >= 15 is 0 Å². The van der Waals surface area contributed by atoms with E-state index in [1.807, 2.05) is 6.07 Å². The Kier molecular flexibility index (Phi) is 4.78. The molecule has 0 spiro atoms. The molecule has 1 aliphatic carbocycles. The van der Waals surface area contributed by atoms with Crippen molar-refractivity contribution in [2.45, 2.75) is 12.8 Å². The van der Waals surface area contributed by atoms with E-state index < -0.39 is 0 Å². The van der Waals surface area contributed by atoms with Crippen molar-refractivity contribution in [1.82, 2.24) is 14.0 Å². The zero-order valence-electron chi connectivity index (χ0n) is 20.5. The van der Waals surface area contributed by atoms with E-state index in [1.54, 1.807) is 12.1 Å². The van der Waals surface area contributed by atoms with E-state index in [0.717, 1.165) is 69.1 Å². The highest BCUT2D eigenvalue weighted by Gasteiger charge is 2.23. The number of nitrogens with one attached hydrogen (secondary N) is 2. The Bertz CT molecular complexity index is 1910. The third-order valence-electron chi connectivity index (χ3n) is 7.20. The van der Waals surface area contributed by atoms with Gasteiger partial charge in [0.25, 0.3) is 0 Å². The maximum Gasteiger partial charge on any atom is 0.220 e. The summed E-state index contributed by atoms with van der Waals surface area (Å²) in [5, 5.41) is 3.69. The summed E-state index contributed by atoms with van der Waals surface area (Å²) in [4.78, 5) is 5.17. The van der Waals surface area contributed by atoms with Crippen molar-refractivity contribution in [2.75, 3.05) is 14.3 Å². The van der Waals surface area contributed by atoms with Gasteiger partial charge in [0.2, 0.25) is 5.78 Å². The summed E-state index contributed by atoms with van der Waals surface area (Å²) < 4.78 is 10.4. The smallest absolute Gasteiger partial charge is 0.220 e. The Morgan fingerprint density at radius 2 is 1.55 bits per heavy atom. The molecule has 2 aliphatic rings. The normalized spacial score (nSPS) is 14.9. The zero-order chi connectivity index (χ0) is 25.1. The molecule has 2 aromatic heterocycles. The average molecular weight is 513 g/mol. The van der Waals surface area contributed by atoms with Crippen molar-refractivity contribution in [3.63, 3.8) is 0 Å². The van der Waals surface area contributed by atoms with E-state index in [-0.39, 0.29) is 0 Å². The average Bonchev–Trinajstić information content (AvgIpc) is 3.48. The van der Waals surface area contributed by atoms with Gasteiger partial charge in [0.1, 0.15) is 0 Å². The second-order valence-corrected chi connectivity index (χ2v) is 10.3. The van der Waals surface area contributed by atoms with Crippen LogP contribution in [-0.2, 0) is 0 Å². The van der Waals surface area contributed by atoms with E-state index in [1.165, 1.54) is 5.70 Å². The molecule has 0 atom stereocenters. The van der Waals surface area contributed by atoms with Crippen LogP contribution < -0.4 is 14.3 Å². The third-order valence-corrected chi connectivity index (χ3v) is 8.10. The minimum absolute atomic E-state index is 0.927. The summed E-state index contributed by atoms with van der Waals surface area (Å²) in [6.07, 6.45) is 8.89. The van der Waals surface area contributed by atoms with Crippen molar-refractivity contribution < 1.29 is 0 Å². The Hall–Kier alpha value is -4.62. The molecule has 4 aromatic carbocycles. The van der Waals surface area contributed by atoms with Crippen LogP contribution in [0.2, 0.25) is 0 Å². The van der Waals surface area contributed by atoms with Gasteiger partial charge >= 0.3 is 0 Å². The second-order valence-electron chi connectivity index (χ2n) is 9.53. The van der Waals surface area contributed by atoms with Crippen molar-refractivity contribution in [3.05, 3.63) is 109 Å². The molecule has 184 valence electrons. The minimum Gasteiger partial charge on any atom is -0.352 e. The van der Waals surface area contributed by atoms with Crippen LogP contribution in [-0.4, -0.2) is 14.0 Å². The van der Waals surface area contributed by atoms with Crippen LogP contribution in [0.1, 0.15) is 12.8 Å². The molecule has 2 N–H and O–H groups in total. The quantitative estimate of drug-likeness (QED) is 0.228. The zero-order valence-corrected chi connectivity index (χ0v) is 21.3. The Morgan fingerprint density at radius 1 is 0.737 bits per heavy atom. The Balaban J connectivity index is 1.34. The van der Waals surface area contributed by atoms with Gasteiger partial charge in [-0.25, -0.2) is 4.98 Å². The molecular formula is C31H24N6S. The fraction of sp³-hybridized carbons (Fsp3) is 0.0645. The molecule has 0 saturated carbocycles. The number of allylic oxidation sites excluding steroid dienone is 4. The van der Waals surface area contributed by atoms with Crippen LogP contribution in [0.15, 0.2) is 109 Å². The van der Waals surface area contributed by atoms with Crippen LogP contribution in [0.5, 0.6) is 0 Å². The number of imidazole rings is 2. The fourth-order valence-electron chi connectivity index (χ4n) is 5.46. The topological polar surface area (TPSA) is 49.5 Å². The Labute approximate surface area is 224 Å². The molecule has 6 aromatic rings. The van der Waals surface area contributed by atoms with Crippen molar-refractivity contribution in [2.24, 2.45) is 0 Å². The van der Waals surface area contributed by atoms with Crippen molar-refractivity contribution in [3.8, 4) is 0 Å². The summed E-state index contributed by atoms with van der Waals surface area (Å²) in [6.45, 7) is 0. The molecule has 0 saturated heterocycles. The lowest BCUT2D eigenvalue weighted by Crippen LogP contribution is -2.15. The van der Waals surface area contributed by atoms with Crippen LogP contribution >= 0.6 is 12.1 Å². The predicted octanol–water partition coefficient (Wildman–Crippen LogP) is 8.50. The molecule has 7 heteroatoms. The number of hydrogen-bond donors (Lipinski definition) is 2. The number of benzene rings is 4. The first kappa shape index (κ1) is 21.5. The highest BCUT2D eigenvalue weighted by Crippen LogP contribution is 2.44. The van der Waals surface area contributed by atoms with Gasteiger partial charge in [-0.15, -0.1) is 0 Å². The number of anilines is 5. The first-order valence-corrected chi connectivity index (χ1v) is 13.6. The first-order valence-electron chi connectivity index (χ1n) is 12.8. The van der Waals surface area contributed by atoms with Gasteiger partial charge in [0.15, 0.2) is 0 Å². The summed E-state index contributed by atoms with van der Waals surface area (Å²) in [6, 6.07) is 31.8. The van der Waals surface area contributed by atoms with Crippen molar-refractivity contribution in [1.29, 1.82) is 0 Å². The van der Waals surface area contributed by atoms with Gasteiger partial charge in [-0.2, -0.15) is 0 Å². The molecule has 3 heterocycles. The first-order chi connectivity index (χ1) is 18.8. The fourth-order valence-corrected chi connectivity index (χ4v) is 6.30. The van der Waals surface area contributed by atoms with E-state index in [9.17, 15) is 0 Å². The Morgan fingerprint density at radius 3 is 2.42 bits per heavy atom. The van der Waals surface area contributed by atoms with Gasteiger partial charge in [0.05, 0.1) is 62.6 Å². The maximum absolute atomic E-state index is 5.17. The number of para-hydroxylation sites is 5. The summed E-state index contributed by atoms with van der Waals surface area (Å²) in [7, 11) is 0. The SMILES string of the molecule is C1=CC(n2c3ccccc3n3c4cc5c(cc4nc23)Nc2ccccc2N(c2ccccc2)SN5)=CCC1. The summed E-state index contributed by atoms with van der Waals surface area (Å²) >= 11 is 1.57. The molecule has 1 aliphatic heterocycles. The van der Waals surface area contributed by atoms with Crippen LogP contribution in [0.3, 0.4) is 0 Å². The van der Waals surface area contributed by atoms with Crippen molar-refractivity contribution >= 4 is 74.1 Å². The number of fused-ring (bicyclic) bond motifs is 7. The van der Waals surface area contributed by atoms with E-state index in [0.29, 0.717) is 0 Å². The number of aromatic nitrogens is 3. The monoisotopic (exact) mass is 512 g/mol. The highest BCUT2D eigenvalue weighted by atomic mass is 32.2. The second kappa shape index (κ2) is 8.46. The van der Waals surface area contributed by atoms with Gasteiger partial charge in [-0.1, -0.05) is 54.6 Å². The molecule has 0 radical (unpaired) electrons. The minimum atomic E-state index is 0.927. The van der Waals surface area contributed by atoms with Gasteiger partial charge < -0.3 is 10.0 Å². The van der Waals surface area contributed by atoms with Gasteiger partial charge in [-0.05, 0) is 67.4 Å². The summed E-state index contributed by atoms with van der Waals surface area (Å²) in [5.41, 5.74) is 10.8. The molecule has 0 fully saturated rings. The molecule has 38 heavy (non-hydrogen) atoms. The highest BCUT2D eigenvalue weighted by molar-refractivity contribution is 8.02. The summed E-state index contributed by atoms with van der Waals surface area (Å²) in [5.74, 6) is 0.927. The lowest BCUT2D eigenvalue weighted by atomic mass is 10.1. The molecular weight excluding hydrogens is 488 g/mol. The lowest BCUT2D eigenvalue weighted by molar-refractivity contribution is 1.01.